The predicted octanol–water partition coefficient (Wildman–Crippen LogP) is -1.47. The summed E-state index contributed by atoms with van der Waals surface area (Å²) in [5.41, 5.74) is 3.17. The standard InChI is InChI=1S/C10H19AsO8/c1-11(2,17)3-6-7(13)8(14)10(19-6)18-4-5(12)9(15)16/h5-8,10,12-14H,3-4H2,1-2H3,(H,15,16)/t5-,6-,7+,8-,10-/m1/s1. The van der Waals surface area contributed by atoms with Crippen LogP contribution in [0.25, 0.3) is 0 Å². The maximum absolute atomic E-state index is 11.7. The molecule has 0 aromatic carbocycles. The molecule has 5 atom stereocenters. The molecule has 1 aliphatic heterocycles. The first kappa shape index (κ1) is 16.7. The summed E-state index contributed by atoms with van der Waals surface area (Å²) in [5, 5.41) is 37.0. The van der Waals surface area contributed by atoms with E-state index in [0.717, 1.165) is 0 Å². The summed E-state index contributed by atoms with van der Waals surface area (Å²) < 4.78 is 21.8. The Morgan fingerprint density at radius 3 is 2.42 bits per heavy atom. The van der Waals surface area contributed by atoms with Crippen LogP contribution >= 0.6 is 0 Å². The van der Waals surface area contributed by atoms with E-state index in [0.29, 0.717) is 0 Å². The fourth-order valence-corrected chi connectivity index (χ4v) is 4.15. The first-order chi connectivity index (χ1) is 8.61. The second-order valence-electron chi connectivity index (χ2n) is 4.97. The zero-order valence-corrected chi connectivity index (χ0v) is 12.5. The van der Waals surface area contributed by atoms with Crippen molar-refractivity contribution >= 4 is 19.5 Å². The average molecular weight is 342 g/mol. The number of hydrogen-bond donors (Lipinski definition) is 4. The molecule has 0 bridgehead atoms. The van der Waals surface area contributed by atoms with Gasteiger partial charge in [-0.15, -0.1) is 0 Å². The van der Waals surface area contributed by atoms with E-state index in [4.69, 9.17) is 19.7 Å². The summed E-state index contributed by atoms with van der Waals surface area (Å²) in [7, 11) is 0. The molecule has 0 spiro atoms. The monoisotopic (exact) mass is 342 g/mol. The van der Waals surface area contributed by atoms with Crippen molar-refractivity contribution in [2.45, 2.75) is 47.3 Å². The summed E-state index contributed by atoms with van der Waals surface area (Å²) >= 11 is -3.06. The molecular weight excluding hydrogens is 323 g/mol. The van der Waals surface area contributed by atoms with Crippen LogP contribution in [0.15, 0.2) is 0 Å². The zero-order valence-electron chi connectivity index (χ0n) is 10.7. The molecule has 0 aromatic rings. The number of carbonyl (C=O) groups is 1. The summed E-state index contributed by atoms with van der Waals surface area (Å²) in [4.78, 5) is 10.4. The Kier molecular flexibility index (Phi) is 5.61. The van der Waals surface area contributed by atoms with Crippen LogP contribution in [0.3, 0.4) is 0 Å². The Morgan fingerprint density at radius 2 is 1.95 bits per heavy atom. The SMILES string of the molecule is C[As](C)(=O)C[C@H]1O[C@@H](OC[C@@H](O)C(=O)O)[C@H](O)[C@H]1O. The number of ether oxygens (including phenoxy) is 2. The van der Waals surface area contributed by atoms with Crippen molar-refractivity contribution in [1.82, 2.24) is 0 Å². The average Bonchev–Trinajstić information content (AvgIpc) is 2.52. The minimum atomic E-state index is -3.06. The quantitative estimate of drug-likeness (QED) is 0.430. The first-order valence-electron chi connectivity index (χ1n) is 5.70. The Bertz CT molecular complexity index is 367. The molecule has 1 heterocycles. The van der Waals surface area contributed by atoms with Crippen LogP contribution in [0, 0.1) is 0 Å². The third kappa shape index (κ3) is 4.90. The van der Waals surface area contributed by atoms with E-state index in [-0.39, 0.29) is 5.21 Å². The van der Waals surface area contributed by atoms with Gasteiger partial charge in [0.2, 0.25) is 0 Å². The van der Waals surface area contributed by atoms with Crippen molar-refractivity contribution in [3.8, 4) is 0 Å². The molecule has 8 nitrogen and oxygen atoms in total. The molecule has 4 N–H and O–H groups in total. The second kappa shape index (κ2) is 6.39. The van der Waals surface area contributed by atoms with E-state index >= 15 is 0 Å². The normalized spacial score (nSPS) is 33.3. The third-order valence-electron chi connectivity index (χ3n) is 2.64. The van der Waals surface area contributed by atoms with E-state index in [1.807, 2.05) is 0 Å². The van der Waals surface area contributed by atoms with E-state index in [1.54, 1.807) is 11.4 Å². The van der Waals surface area contributed by atoms with Crippen LogP contribution in [0.4, 0.5) is 0 Å². The Hall–Kier alpha value is -0.372. The third-order valence-corrected chi connectivity index (χ3v) is 5.24. The Balaban J connectivity index is 2.54. The maximum atomic E-state index is 11.7. The van der Waals surface area contributed by atoms with Gasteiger partial charge in [0.25, 0.3) is 0 Å². The molecule has 19 heavy (non-hydrogen) atoms. The van der Waals surface area contributed by atoms with Gasteiger partial charge >= 0.3 is 112 Å². The van der Waals surface area contributed by atoms with Gasteiger partial charge in [-0.1, -0.05) is 0 Å². The van der Waals surface area contributed by atoms with Crippen molar-refractivity contribution < 1.29 is 38.4 Å². The van der Waals surface area contributed by atoms with Gasteiger partial charge in [-0.3, -0.25) is 0 Å². The van der Waals surface area contributed by atoms with Gasteiger partial charge in [0.15, 0.2) is 0 Å². The molecule has 1 aliphatic rings. The van der Waals surface area contributed by atoms with Crippen LogP contribution in [0.2, 0.25) is 16.6 Å². The van der Waals surface area contributed by atoms with Gasteiger partial charge < -0.3 is 0 Å². The van der Waals surface area contributed by atoms with Gasteiger partial charge in [-0.2, -0.15) is 0 Å². The first-order valence-corrected chi connectivity index (χ1v) is 11.5. The second-order valence-corrected chi connectivity index (χ2v) is 12.3. The Morgan fingerprint density at radius 1 is 1.37 bits per heavy atom. The molecule has 0 amide bonds. The van der Waals surface area contributed by atoms with Gasteiger partial charge in [-0.25, -0.2) is 0 Å². The van der Waals surface area contributed by atoms with Crippen LogP contribution in [0.5, 0.6) is 0 Å². The molecule has 9 heteroatoms. The van der Waals surface area contributed by atoms with Crippen LogP contribution in [0.1, 0.15) is 0 Å². The van der Waals surface area contributed by atoms with Gasteiger partial charge in [0.1, 0.15) is 0 Å². The van der Waals surface area contributed by atoms with Gasteiger partial charge in [0, 0.05) is 0 Å². The minimum absolute atomic E-state index is 0.137. The molecule has 0 aliphatic carbocycles. The summed E-state index contributed by atoms with van der Waals surface area (Å²) in [6, 6.07) is 0. The molecule has 0 aromatic heterocycles. The number of aliphatic hydroxyl groups excluding tert-OH is 3. The topological polar surface area (TPSA) is 134 Å². The van der Waals surface area contributed by atoms with Gasteiger partial charge in [-0.05, 0) is 0 Å². The van der Waals surface area contributed by atoms with E-state index in [1.165, 1.54) is 0 Å². The molecule has 1 rings (SSSR count). The number of aliphatic hydroxyl groups is 3. The molecule has 1 saturated heterocycles. The van der Waals surface area contributed by atoms with Crippen molar-refractivity contribution in [1.29, 1.82) is 0 Å². The molecular formula is C10H19AsO8. The van der Waals surface area contributed by atoms with Crippen molar-refractivity contribution in [3.05, 3.63) is 0 Å². The van der Waals surface area contributed by atoms with Gasteiger partial charge in [0.05, 0.1) is 0 Å². The van der Waals surface area contributed by atoms with Crippen molar-refractivity contribution in [3.63, 3.8) is 0 Å². The fraction of sp³-hybridized carbons (Fsp3) is 0.900. The summed E-state index contributed by atoms with van der Waals surface area (Å²) in [6.07, 6.45) is -6.41. The zero-order chi connectivity index (χ0) is 14.8. The molecule has 112 valence electrons. The summed E-state index contributed by atoms with van der Waals surface area (Å²) in [6.45, 7) is -0.572. The number of carboxylic acids is 1. The number of rotatable bonds is 6. The van der Waals surface area contributed by atoms with E-state index < -0.39 is 56.8 Å². The fourth-order valence-electron chi connectivity index (χ4n) is 1.69. The molecule has 1 fully saturated rings. The van der Waals surface area contributed by atoms with E-state index in [2.05, 4.69) is 0 Å². The summed E-state index contributed by atoms with van der Waals surface area (Å²) in [5.74, 6) is -1.46. The number of carboxylic acid groups (broad SMARTS) is 1. The molecule has 0 saturated carbocycles. The number of hydrogen-bond acceptors (Lipinski definition) is 7. The van der Waals surface area contributed by atoms with Crippen molar-refractivity contribution in [2.24, 2.45) is 0 Å². The predicted molar refractivity (Wildman–Crippen MR) is 63.2 cm³/mol. The van der Waals surface area contributed by atoms with Crippen LogP contribution < -0.4 is 0 Å². The molecule has 0 unspecified atom stereocenters. The van der Waals surface area contributed by atoms with Crippen LogP contribution in [-0.2, 0) is 18.0 Å². The Labute approximate surface area is 112 Å². The van der Waals surface area contributed by atoms with E-state index in [9.17, 15) is 18.7 Å². The number of aliphatic carboxylic acids is 1. The van der Waals surface area contributed by atoms with Crippen molar-refractivity contribution in [2.75, 3.05) is 6.61 Å². The van der Waals surface area contributed by atoms with Crippen LogP contribution in [-0.4, -0.2) is 77.2 Å². The molecule has 0 radical (unpaired) electrons.